The number of aryl methyl sites for hydroxylation is 1. The highest BCUT2D eigenvalue weighted by atomic mass is 32.1. The Balaban J connectivity index is 1.58. The summed E-state index contributed by atoms with van der Waals surface area (Å²) in [6.07, 6.45) is 9.54. The summed E-state index contributed by atoms with van der Waals surface area (Å²) >= 11 is 1.91. The average molecular weight is 308 g/mol. The quantitative estimate of drug-likeness (QED) is 0.857. The van der Waals surface area contributed by atoms with Gasteiger partial charge in [-0.25, -0.2) is 4.98 Å². The van der Waals surface area contributed by atoms with Gasteiger partial charge in [0.25, 0.3) is 0 Å². The van der Waals surface area contributed by atoms with Crippen molar-refractivity contribution in [3.63, 3.8) is 0 Å². The molecule has 1 atom stereocenters. The fourth-order valence-electron chi connectivity index (χ4n) is 3.29. The summed E-state index contributed by atoms with van der Waals surface area (Å²) in [6, 6.07) is 0.780. The van der Waals surface area contributed by atoms with Crippen LogP contribution >= 0.6 is 11.3 Å². The summed E-state index contributed by atoms with van der Waals surface area (Å²) in [6.45, 7) is 7.89. The number of anilines is 1. The van der Waals surface area contributed by atoms with Gasteiger partial charge in [0, 0.05) is 30.6 Å². The van der Waals surface area contributed by atoms with E-state index in [4.69, 9.17) is 4.98 Å². The first-order valence-electron chi connectivity index (χ1n) is 8.71. The maximum atomic E-state index is 4.85. The Bertz CT molecular complexity index is 453. The lowest BCUT2D eigenvalue weighted by Crippen LogP contribution is -2.24. The summed E-state index contributed by atoms with van der Waals surface area (Å²) in [7, 11) is 0. The van der Waals surface area contributed by atoms with Gasteiger partial charge in [0.05, 0.1) is 5.69 Å². The Morgan fingerprint density at radius 3 is 2.86 bits per heavy atom. The first-order valence-corrected chi connectivity index (χ1v) is 9.52. The molecule has 3 rings (SSSR count). The van der Waals surface area contributed by atoms with E-state index in [-0.39, 0.29) is 0 Å². The van der Waals surface area contributed by atoms with E-state index in [0.29, 0.717) is 0 Å². The fourth-order valence-corrected chi connectivity index (χ4v) is 4.35. The molecule has 2 heterocycles. The van der Waals surface area contributed by atoms with Gasteiger partial charge in [-0.15, -0.1) is 11.3 Å². The Kier molecular flexibility index (Phi) is 5.17. The molecule has 118 valence electrons. The number of nitrogens with zero attached hydrogens (tertiary/aromatic N) is 2. The van der Waals surface area contributed by atoms with E-state index in [2.05, 4.69) is 24.1 Å². The Morgan fingerprint density at radius 1 is 1.24 bits per heavy atom. The topological polar surface area (TPSA) is 28.2 Å². The van der Waals surface area contributed by atoms with E-state index in [9.17, 15) is 0 Å². The lowest BCUT2D eigenvalue weighted by atomic mass is 9.96. The van der Waals surface area contributed by atoms with Crippen molar-refractivity contribution in [2.75, 3.05) is 18.0 Å². The van der Waals surface area contributed by atoms with Gasteiger partial charge in [0.1, 0.15) is 0 Å². The third-order valence-electron chi connectivity index (χ3n) is 4.83. The second kappa shape index (κ2) is 7.10. The zero-order valence-corrected chi connectivity index (χ0v) is 14.3. The van der Waals surface area contributed by atoms with Crippen molar-refractivity contribution in [1.29, 1.82) is 0 Å². The normalized spacial score (nSPS) is 23.3. The second-order valence-corrected chi connectivity index (χ2v) is 7.79. The maximum Gasteiger partial charge on any atom is 0.185 e. The zero-order valence-electron chi connectivity index (χ0n) is 13.5. The van der Waals surface area contributed by atoms with Gasteiger partial charge in [-0.2, -0.15) is 0 Å². The molecule has 0 amide bonds. The van der Waals surface area contributed by atoms with Gasteiger partial charge < -0.3 is 10.2 Å². The van der Waals surface area contributed by atoms with E-state index >= 15 is 0 Å². The standard InChI is InChI=1S/C17H29N3S/c1-3-5-14-6-4-10-20(11-9-14)17-19-13(2)16(21-17)12-18-15-7-8-15/h14-15,18H,3-12H2,1-2H3. The molecule has 1 aromatic rings. The predicted octanol–water partition coefficient (Wildman–Crippen LogP) is 4.11. The third-order valence-corrected chi connectivity index (χ3v) is 6.04. The predicted molar refractivity (Wildman–Crippen MR) is 91.2 cm³/mol. The van der Waals surface area contributed by atoms with Crippen LogP contribution in [0.1, 0.15) is 62.4 Å². The highest BCUT2D eigenvalue weighted by Gasteiger charge is 2.22. The molecule has 4 heteroatoms. The molecule has 2 fully saturated rings. The molecular formula is C17H29N3S. The summed E-state index contributed by atoms with van der Waals surface area (Å²) in [5, 5.41) is 4.88. The van der Waals surface area contributed by atoms with Crippen LogP contribution < -0.4 is 10.2 Å². The highest BCUT2D eigenvalue weighted by molar-refractivity contribution is 7.15. The number of thiazole rings is 1. The van der Waals surface area contributed by atoms with Crippen molar-refractivity contribution < 1.29 is 0 Å². The van der Waals surface area contributed by atoms with Gasteiger partial charge in [0.15, 0.2) is 5.13 Å². The van der Waals surface area contributed by atoms with E-state index < -0.39 is 0 Å². The van der Waals surface area contributed by atoms with Gasteiger partial charge >= 0.3 is 0 Å². The number of hydrogen-bond acceptors (Lipinski definition) is 4. The van der Waals surface area contributed by atoms with Crippen LogP contribution in [0.5, 0.6) is 0 Å². The van der Waals surface area contributed by atoms with Crippen molar-refractivity contribution in [3.8, 4) is 0 Å². The van der Waals surface area contributed by atoms with Gasteiger partial charge in [-0.3, -0.25) is 0 Å². The molecule has 0 aromatic carbocycles. The van der Waals surface area contributed by atoms with Crippen LogP contribution in [0.4, 0.5) is 5.13 Å². The molecule has 3 nitrogen and oxygen atoms in total. The van der Waals surface area contributed by atoms with E-state index in [1.54, 1.807) is 0 Å². The highest BCUT2D eigenvalue weighted by Crippen LogP contribution is 2.30. The number of aromatic nitrogens is 1. The van der Waals surface area contributed by atoms with Crippen LogP contribution in [0.25, 0.3) is 0 Å². The minimum absolute atomic E-state index is 0.780. The van der Waals surface area contributed by atoms with Crippen molar-refractivity contribution in [2.24, 2.45) is 5.92 Å². The smallest absolute Gasteiger partial charge is 0.185 e. The summed E-state index contributed by atoms with van der Waals surface area (Å²) in [5.41, 5.74) is 1.23. The molecule has 2 aliphatic rings. The Hall–Kier alpha value is -0.610. The minimum Gasteiger partial charge on any atom is -0.348 e. The summed E-state index contributed by atoms with van der Waals surface area (Å²) in [4.78, 5) is 8.82. The van der Waals surface area contributed by atoms with E-state index in [1.807, 2.05) is 11.3 Å². The van der Waals surface area contributed by atoms with Crippen LogP contribution in [0.2, 0.25) is 0 Å². The SMILES string of the molecule is CCCC1CCCN(c2nc(C)c(CNC3CC3)s2)CC1. The number of rotatable bonds is 6. The molecule has 1 N–H and O–H groups in total. The molecule has 21 heavy (non-hydrogen) atoms. The number of nitrogens with one attached hydrogen (secondary N) is 1. The average Bonchev–Trinajstić information content (AvgIpc) is 3.25. The summed E-state index contributed by atoms with van der Waals surface area (Å²) < 4.78 is 0. The van der Waals surface area contributed by atoms with Crippen LogP contribution in [0.3, 0.4) is 0 Å². The van der Waals surface area contributed by atoms with E-state index in [1.165, 1.54) is 73.7 Å². The van der Waals surface area contributed by atoms with Crippen molar-refractivity contribution >= 4 is 16.5 Å². The monoisotopic (exact) mass is 307 g/mol. The van der Waals surface area contributed by atoms with Crippen LogP contribution in [0.15, 0.2) is 0 Å². The van der Waals surface area contributed by atoms with Crippen molar-refractivity contribution in [1.82, 2.24) is 10.3 Å². The van der Waals surface area contributed by atoms with Gasteiger partial charge in [0.2, 0.25) is 0 Å². The molecule has 1 aliphatic heterocycles. The van der Waals surface area contributed by atoms with Crippen molar-refractivity contribution in [3.05, 3.63) is 10.6 Å². The molecular weight excluding hydrogens is 278 g/mol. The molecule has 1 saturated heterocycles. The molecule has 1 unspecified atom stereocenters. The number of hydrogen-bond donors (Lipinski definition) is 1. The lowest BCUT2D eigenvalue weighted by molar-refractivity contribution is 0.435. The van der Waals surface area contributed by atoms with Crippen LogP contribution in [-0.2, 0) is 6.54 Å². The third kappa shape index (κ3) is 4.19. The molecule has 0 radical (unpaired) electrons. The first-order chi connectivity index (χ1) is 10.3. The van der Waals surface area contributed by atoms with E-state index in [0.717, 1.165) is 18.5 Å². The lowest BCUT2D eigenvalue weighted by Gasteiger charge is -2.19. The molecule has 1 aromatic heterocycles. The Morgan fingerprint density at radius 2 is 2.10 bits per heavy atom. The largest absolute Gasteiger partial charge is 0.348 e. The molecule has 0 spiro atoms. The maximum absolute atomic E-state index is 4.85. The van der Waals surface area contributed by atoms with Crippen molar-refractivity contribution in [2.45, 2.75) is 71.4 Å². The molecule has 1 saturated carbocycles. The Labute approximate surface area is 133 Å². The molecule has 1 aliphatic carbocycles. The van der Waals surface area contributed by atoms with Gasteiger partial charge in [-0.05, 0) is 44.9 Å². The second-order valence-electron chi connectivity index (χ2n) is 6.73. The van der Waals surface area contributed by atoms with Crippen LogP contribution in [-0.4, -0.2) is 24.1 Å². The molecule has 0 bridgehead atoms. The minimum atomic E-state index is 0.780. The van der Waals surface area contributed by atoms with Crippen LogP contribution in [0, 0.1) is 12.8 Å². The summed E-state index contributed by atoms with van der Waals surface area (Å²) in [5.74, 6) is 0.942. The fraction of sp³-hybridized carbons (Fsp3) is 0.824. The van der Waals surface area contributed by atoms with Gasteiger partial charge in [-0.1, -0.05) is 19.8 Å². The first kappa shape index (κ1) is 15.3. The zero-order chi connectivity index (χ0) is 14.7.